The van der Waals surface area contributed by atoms with E-state index in [1.165, 1.54) is 12.1 Å². The maximum absolute atomic E-state index is 12.1. The number of carboxylic acids is 1. The number of rotatable bonds is 2. The highest BCUT2D eigenvalue weighted by atomic mass is 16.4. The SMILES string of the molecule is CC1CCN(C(=O)Nc2ccc(N)cc2C(=O)O)CC1. The number of hydrogen-bond acceptors (Lipinski definition) is 3. The number of nitrogen functional groups attached to an aromatic ring is 1. The molecule has 0 radical (unpaired) electrons. The van der Waals surface area contributed by atoms with Gasteiger partial charge in [-0.05, 0) is 37.0 Å². The van der Waals surface area contributed by atoms with Crippen LogP contribution in [0.2, 0.25) is 0 Å². The second-order valence-electron chi connectivity index (χ2n) is 5.21. The smallest absolute Gasteiger partial charge is 0.337 e. The first-order valence-electron chi connectivity index (χ1n) is 6.66. The number of carbonyl (C=O) groups excluding carboxylic acids is 1. The summed E-state index contributed by atoms with van der Waals surface area (Å²) < 4.78 is 0. The van der Waals surface area contributed by atoms with E-state index in [0.717, 1.165) is 12.8 Å². The molecule has 6 heteroatoms. The summed E-state index contributed by atoms with van der Waals surface area (Å²) in [5.74, 6) is -0.481. The Morgan fingerprint density at radius 1 is 1.35 bits per heavy atom. The summed E-state index contributed by atoms with van der Waals surface area (Å²) in [7, 11) is 0. The molecule has 0 aromatic heterocycles. The van der Waals surface area contributed by atoms with E-state index in [9.17, 15) is 9.59 Å². The van der Waals surface area contributed by atoms with Crippen molar-refractivity contribution in [1.29, 1.82) is 0 Å². The zero-order chi connectivity index (χ0) is 14.7. The summed E-state index contributed by atoms with van der Waals surface area (Å²) in [5.41, 5.74) is 6.20. The number of anilines is 2. The van der Waals surface area contributed by atoms with Crippen LogP contribution in [0.1, 0.15) is 30.1 Å². The predicted octanol–water partition coefficient (Wildman–Crippen LogP) is 2.23. The second kappa shape index (κ2) is 5.81. The highest BCUT2D eigenvalue weighted by Gasteiger charge is 2.21. The molecule has 0 saturated carbocycles. The summed E-state index contributed by atoms with van der Waals surface area (Å²) >= 11 is 0. The molecule has 0 spiro atoms. The van der Waals surface area contributed by atoms with Crippen LogP contribution >= 0.6 is 0 Å². The number of carboxylic acid groups (broad SMARTS) is 1. The van der Waals surface area contributed by atoms with E-state index in [1.807, 2.05) is 0 Å². The Hall–Kier alpha value is -2.24. The van der Waals surface area contributed by atoms with Crippen molar-refractivity contribution >= 4 is 23.4 Å². The molecule has 1 aliphatic heterocycles. The topological polar surface area (TPSA) is 95.7 Å². The Kier molecular flexibility index (Phi) is 4.12. The molecule has 0 unspecified atom stereocenters. The molecule has 1 heterocycles. The Labute approximate surface area is 117 Å². The number of likely N-dealkylation sites (tertiary alicyclic amines) is 1. The van der Waals surface area contributed by atoms with Crippen LogP contribution in [0.3, 0.4) is 0 Å². The fourth-order valence-corrected chi connectivity index (χ4v) is 2.25. The summed E-state index contributed by atoms with van der Waals surface area (Å²) in [6, 6.07) is 4.17. The van der Waals surface area contributed by atoms with Gasteiger partial charge in [-0.3, -0.25) is 0 Å². The minimum Gasteiger partial charge on any atom is -0.478 e. The molecular formula is C14H19N3O3. The number of aromatic carboxylic acids is 1. The van der Waals surface area contributed by atoms with Gasteiger partial charge in [-0.15, -0.1) is 0 Å². The number of benzene rings is 1. The lowest BCUT2D eigenvalue weighted by Crippen LogP contribution is -2.40. The number of urea groups is 1. The first-order valence-corrected chi connectivity index (χ1v) is 6.66. The highest BCUT2D eigenvalue weighted by molar-refractivity contribution is 6.00. The maximum Gasteiger partial charge on any atom is 0.337 e. The average molecular weight is 277 g/mol. The molecule has 1 aliphatic rings. The van der Waals surface area contributed by atoms with Crippen molar-refractivity contribution in [2.75, 3.05) is 24.1 Å². The highest BCUT2D eigenvalue weighted by Crippen LogP contribution is 2.21. The molecular weight excluding hydrogens is 258 g/mol. The Bertz CT molecular complexity index is 522. The molecule has 0 aliphatic carbocycles. The molecule has 2 amide bonds. The van der Waals surface area contributed by atoms with E-state index >= 15 is 0 Å². The zero-order valence-corrected chi connectivity index (χ0v) is 11.4. The Balaban J connectivity index is 2.10. The van der Waals surface area contributed by atoms with E-state index in [0.29, 0.717) is 24.7 Å². The van der Waals surface area contributed by atoms with Crippen LogP contribution in [0.5, 0.6) is 0 Å². The van der Waals surface area contributed by atoms with Crippen molar-refractivity contribution < 1.29 is 14.7 Å². The van der Waals surface area contributed by atoms with Crippen molar-refractivity contribution in [2.24, 2.45) is 5.92 Å². The molecule has 0 atom stereocenters. The van der Waals surface area contributed by atoms with Crippen LogP contribution in [0.25, 0.3) is 0 Å². The van der Waals surface area contributed by atoms with Crippen LogP contribution in [0.4, 0.5) is 16.2 Å². The van der Waals surface area contributed by atoms with Gasteiger partial charge in [0.15, 0.2) is 0 Å². The van der Waals surface area contributed by atoms with Crippen molar-refractivity contribution in [3.05, 3.63) is 23.8 Å². The Morgan fingerprint density at radius 2 is 2.00 bits per heavy atom. The van der Waals surface area contributed by atoms with Crippen LogP contribution in [-0.4, -0.2) is 35.1 Å². The van der Waals surface area contributed by atoms with Gasteiger partial charge in [-0.1, -0.05) is 6.92 Å². The molecule has 2 rings (SSSR count). The first kappa shape index (κ1) is 14.2. The molecule has 1 aromatic carbocycles. The average Bonchev–Trinajstić information content (AvgIpc) is 2.41. The van der Waals surface area contributed by atoms with Gasteiger partial charge in [-0.25, -0.2) is 9.59 Å². The number of hydrogen-bond donors (Lipinski definition) is 3. The molecule has 108 valence electrons. The third-order valence-electron chi connectivity index (χ3n) is 3.59. The quantitative estimate of drug-likeness (QED) is 0.722. The predicted molar refractivity (Wildman–Crippen MR) is 76.8 cm³/mol. The lowest BCUT2D eigenvalue weighted by atomic mass is 10.00. The van der Waals surface area contributed by atoms with Crippen LogP contribution < -0.4 is 11.1 Å². The zero-order valence-electron chi connectivity index (χ0n) is 11.4. The monoisotopic (exact) mass is 277 g/mol. The van der Waals surface area contributed by atoms with E-state index in [4.69, 9.17) is 10.8 Å². The number of piperidine rings is 1. The Morgan fingerprint density at radius 3 is 2.60 bits per heavy atom. The summed E-state index contributed by atoms with van der Waals surface area (Å²) in [4.78, 5) is 25.0. The number of nitrogens with one attached hydrogen (secondary N) is 1. The molecule has 20 heavy (non-hydrogen) atoms. The van der Waals surface area contributed by atoms with Crippen molar-refractivity contribution in [3.8, 4) is 0 Å². The van der Waals surface area contributed by atoms with Gasteiger partial charge in [0, 0.05) is 18.8 Å². The molecule has 1 saturated heterocycles. The van der Waals surface area contributed by atoms with Crippen molar-refractivity contribution in [3.63, 3.8) is 0 Å². The van der Waals surface area contributed by atoms with E-state index < -0.39 is 5.97 Å². The minimum absolute atomic E-state index is 0.00345. The normalized spacial score (nSPS) is 15.9. The van der Waals surface area contributed by atoms with Gasteiger partial charge in [-0.2, -0.15) is 0 Å². The van der Waals surface area contributed by atoms with E-state index in [-0.39, 0.29) is 17.3 Å². The first-order chi connectivity index (χ1) is 9.47. The van der Waals surface area contributed by atoms with Crippen molar-refractivity contribution in [1.82, 2.24) is 4.90 Å². The van der Waals surface area contributed by atoms with Gasteiger partial charge >= 0.3 is 12.0 Å². The van der Waals surface area contributed by atoms with E-state index in [2.05, 4.69) is 12.2 Å². The number of nitrogens with two attached hydrogens (primary N) is 1. The van der Waals surface area contributed by atoms with Gasteiger partial charge in [0.2, 0.25) is 0 Å². The second-order valence-corrected chi connectivity index (χ2v) is 5.21. The standard InChI is InChI=1S/C14H19N3O3/c1-9-4-6-17(7-5-9)14(20)16-12-3-2-10(15)8-11(12)13(18)19/h2-3,8-9H,4-7,15H2,1H3,(H,16,20)(H,18,19). The maximum atomic E-state index is 12.1. The van der Waals surface area contributed by atoms with Gasteiger partial charge in [0.1, 0.15) is 0 Å². The fourth-order valence-electron chi connectivity index (χ4n) is 2.25. The lowest BCUT2D eigenvalue weighted by Gasteiger charge is -2.30. The number of carbonyl (C=O) groups is 2. The summed E-state index contributed by atoms with van der Waals surface area (Å²) in [6.45, 7) is 3.56. The van der Waals surface area contributed by atoms with Crippen molar-refractivity contribution in [2.45, 2.75) is 19.8 Å². The molecule has 6 nitrogen and oxygen atoms in total. The van der Waals surface area contributed by atoms with Crippen LogP contribution in [-0.2, 0) is 0 Å². The summed E-state index contributed by atoms with van der Waals surface area (Å²) in [6.07, 6.45) is 1.95. The molecule has 1 aromatic rings. The molecule has 4 N–H and O–H groups in total. The molecule has 1 fully saturated rings. The minimum atomic E-state index is -1.11. The molecule has 0 bridgehead atoms. The van der Waals surface area contributed by atoms with Crippen LogP contribution in [0.15, 0.2) is 18.2 Å². The fraction of sp³-hybridized carbons (Fsp3) is 0.429. The van der Waals surface area contributed by atoms with Gasteiger partial charge in [0.05, 0.1) is 11.3 Å². The largest absolute Gasteiger partial charge is 0.478 e. The van der Waals surface area contributed by atoms with Gasteiger partial charge in [0.25, 0.3) is 0 Å². The third-order valence-corrected chi connectivity index (χ3v) is 3.59. The van der Waals surface area contributed by atoms with E-state index in [1.54, 1.807) is 11.0 Å². The third kappa shape index (κ3) is 3.20. The summed E-state index contributed by atoms with van der Waals surface area (Å²) in [5, 5.41) is 11.8. The lowest BCUT2D eigenvalue weighted by molar-refractivity contribution is 0.0698. The van der Waals surface area contributed by atoms with Gasteiger partial charge < -0.3 is 21.1 Å². The number of amides is 2. The number of nitrogens with zero attached hydrogens (tertiary/aromatic N) is 1. The van der Waals surface area contributed by atoms with Crippen LogP contribution in [0, 0.1) is 5.92 Å².